The fraction of sp³-hybridized carbons (Fsp3) is 0.571. The smallest absolute Gasteiger partial charge is 0.0779 e. The fourth-order valence-corrected chi connectivity index (χ4v) is 3.38. The summed E-state index contributed by atoms with van der Waals surface area (Å²) in [6.45, 7) is 1.70. The molecule has 1 aromatic rings. The summed E-state index contributed by atoms with van der Waals surface area (Å²) < 4.78 is 5.82. The molecule has 3 nitrogen and oxygen atoms in total. The number of hydrogen-bond acceptors (Lipinski definition) is 3. The Morgan fingerprint density at radius 2 is 2.28 bits per heavy atom. The molecule has 2 aliphatic rings. The van der Waals surface area contributed by atoms with E-state index >= 15 is 0 Å². The van der Waals surface area contributed by atoms with E-state index in [1.807, 2.05) is 18.2 Å². The molecule has 4 heteroatoms. The molecule has 2 unspecified atom stereocenters. The number of halogens is 1. The molecule has 2 atom stereocenters. The number of hydrogen-bond donors (Lipinski definition) is 1. The van der Waals surface area contributed by atoms with Crippen molar-refractivity contribution in [3.8, 4) is 0 Å². The number of rotatable bonds is 2. The molecule has 1 aromatic carbocycles. The van der Waals surface area contributed by atoms with Gasteiger partial charge in [-0.05, 0) is 37.5 Å². The highest BCUT2D eigenvalue weighted by atomic mass is 35.5. The van der Waals surface area contributed by atoms with Crippen molar-refractivity contribution in [1.82, 2.24) is 0 Å². The van der Waals surface area contributed by atoms with E-state index < -0.39 is 0 Å². The minimum atomic E-state index is 0.0324. The van der Waals surface area contributed by atoms with Crippen LogP contribution in [0.15, 0.2) is 18.2 Å². The maximum atomic E-state index is 9.50. The van der Waals surface area contributed by atoms with Crippen LogP contribution >= 0.6 is 11.6 Å². The lowest BCUT2D eigenvalue weighted by molar-refractivity contribution is 0.0255. The molecule has 18 heavy (non-hydrogen) atoms. The molecule has 1 saturated carbocycles. The number of aliphatic hydroxyl groups is 1. The van der Waals surface area contributed by atoms with Crippen LogP contribution in [-0.2, 0) is 11.3 Å². The summed E-state index contributed by atoms with van der Waals surface area (Å²) in [6.07, 6.45) is 3.93. The highest BCUT2D eigenvalue weighted by Gasteiger charge is 2.36. The van der Waals surface area contributed by atoms with Crippen LogP contribution < -0.4 is 4.90 Å². The van der Waals surface area contributed by atoms with Crippen LogP contribution in [0.1, 0.15) is 24.8 Å². The molecule has 1 heterocycles. The second-order valence-corrected chi connectivity index (χ2v) is 5.47. The third-order valence-electron chi connectivity index (χ3n) is 4.00. The Balaban J connectivity index is 1.93. The van der Waals surface area contributed by atoms with Gasteiger partial charge < -0.3 is 14.7 Å². The van der Waals surface area contributed by atoms with E-state index in [1.54, 1.807) is 0 Å². The minimum absolute atomic E-state index is 0.0324. The predicted molar refractivity (Wildman–Crippen MR) is 72.1 cm³/mol. The Morgan fingerprint density at radius 1 is 1.39 bits per heavy atom. The van der Waals surface area contributed by atoms with Crippen molar-refractivity contribution in [2.45, 2.75) is 38.0 Å². The molecule has 0 amide bonds. The van der Waals surface area contributed by atoms with Crippen LogP contribution in [0.5, 0.6) is 0 Å². The standard InChI is InChI=1S/C14H18ClNO2/c15-11-4-5-12(10(8-11)9-17)16-6-7-18-14-3-1-2-13(14)16/h4-5,8,13-14,17H,1-3,6-7,9H2. The summed E-state index contributed by atoms with van der Waals surface area (Å²) >= 11 is 5.99. The molecular weight excluding hydrogens is 250 g/mol. The van der Waals surface area contributed by atoms with Gasteiger partial charge >= 0.3 is 0 Å². The highest BCUT2D eigenvalue weighted by Crippen LogP contribution is 2.35. The Morgan fingerprint density at radius 3 is 3.11 bits per heavy atom. The minimum Gasteiger partial charge on any atom is -0.392 e. The van der Waals surface area contributed by atoms with E-state index in [-0.39, 0.29) is 6.61 Å². The third kappa shape index (κ3) is 2.11. The molecule has 1 N–H and O–H groups in total. The quantitative estimate of drug-likeness (QED) is 0.894. The van der Waals surface area contributed by atoms with Gasteiger partial charge in [-0.25, -0.2) is 0 Å². The number of nitrogens with zero attached hydrogens (tertiary/aromatic N) is 1. The monoisotopic (exact) mass is 267 g/mol. The van der Waals surface area contributed by atoms with Gasteiger partial charge in [0.25, 0.3) is 0 Å². The zero-order valence-electron chi connectivity index (χ0n) is 10.3. The van der Waals surface area contributed by atoms with Crippen LogP contribution in [0, 0.1) is 0 Å². The number of morpholine rings is 1. The average Bonchev–Trinajstić information content (AvgIpc) is 2.86. The van der Waals surface area contributed by atoms with Gasteiger partial charge in [-0.2, -0.15) is 0 Å². The lowest BCUT2D eigenvalue weighted by Gasteiger charge is -2.40. The van der Waals surface area contributed by atoms with Crippen LogP contribution in [0.3, 0.4) is 0 Å². The normalized spacial score (nSPS) is 27.3. The Labute approximate surface area is 112 Å². The summed E-state index contributed by atoms with van der Waals surface area (Å²) in [7, 11) is 0. The van der Waals surface area contributed by atoms with Crippen LogP contribution in [-0.4, -0.2) is 30.4 Å². The summed E-state index contributed by atoms with van der Waals surface area (Å²) in [4.78, 5) is 2.39. The molecule has 0 aromatic heterocycles. The van der Waals surface area contributed by atoms with Gasteiger partial charge in [-0.1, -0.05) is 11.6 Å². The summed E-state index contributed by atoms with van der Waals surface area (Å²) in [6, 6.07) is 6.24. The first-order chi connectivity index (χ1) is 8.79. The first-order valence-electron chi connectivity index (χ1n) is 6.57. The number of benzene rings is 1. The first kappa shape index (κ1) is 12.3. The molecule has 1 aliphatic carbocycles. The van der Waals surface area contributed by atoms with E-state index in [9.17, 15) is 5.11 Å². The molecule has 2 fully saturated rings. The number of fused-ring (bicyclic) bond motifs is 1. The van der Waals surface area contributed by atoms with Crippen LogP contribution in [0.25, 0.3) is 0 Å². The molecule has 1 aliphatic heterocycles. The maximum Gasteiger partial charge on any atom is 0.0779 e. The largest absolute Gasteiger partial charge is 0.392 e. The van der Waals surface area contributed by atoms with E-state index in [2.05, 4.69) is 4.90 Å². The van der Waals surface area contributed by atoms with Gasteiger partial charge in [0, 0.05) is 22.8 Å². The molecular formula is C14H18ClNO2. The molecule has 0 radical (unpaired) electrons. The van der Waals surface area contributed by atoms with E-state index in [1.165, 1.54) is 12.8 Å². The predicted octanol–water partition coefficient (Wildman–Crippen LogP) is 2.59. The van der Waals surface area contributed by atoms with Gasteiger partial charge in [0.2, 0.25) is 0 Å². The van der Waals surface area contributed by atoms with E-state index in [0.29, 0.717) is 17.2 Å². The van der Waals surface area contributed by atoms with Crippen LogP contribution in [0.4, 0.5) is 5.69 Å². The van der Waals surface area contributed by atoms with Crippen molar-refractivity contribution in [2.75, 3.05) is 18.1 Å². The van der Waals surface area contributed by atoms with E-state index in [0.717, 1.165) is 30.8 Å². The van der Waals surface area contributed by atoms with E-state index in [4.69, 9.17) is 16.3 Å². The lowest BCUT2D eigenvalue weighted by Crippen LogP contribution is -2.49. The molecule has 0 spiro atoms. The van der Waals surface area contributed by atoms with Crippen molar-refractivity contribution < 1.29 is 9.84 Å². The lowest BCUT2D eigenvalue weighted by atomic mass is 10.1. The second-order valence-electron chi connectivity index (χ2n) is 5.03. The third-order valence-corrected chi connectivity index (χ3v) is 4.24. The number of ether oxygens (including phenoxy) is 1. The van der Waals surface area contributed by atoms with Crippen molar-refractivity contribution in [3.05, 3.63) is 28.8 Å². The molecule has 98 valence electrons. The Bertz CT molecular complexity index is 438. The molecule has 0 bridgehead atoms. The second kappa shape index (κ2) is 5.08. The van der Waals surface area contributed by atoms with Gasteiger partial charge in [-0.15, -0.1) is 0 Å². The highest BCUT2D eigenvalue weighted by molar-refractivity contribution is 6.30. The Hall–Kier alpha value is -0.770. The average molecular weight is 268 g/mol. The van der Waals surface area contributed by atoms with Crippen molar-refractivity contribution in [2.24, 2.45) is 0 Å². The number of aliphatic hydroxyl groups excluding tert-OH is 1. The SMILES string of the molecule is OCc1cc(Cl)ccc1N1CCOC2CCCC21. The summed E-state index contributed by atoms with van der Waals surface area (Å²) in [5.74, 6) is 0. The van der Waals surface area contributed by atoms with Gasteiger partial charge in [0.05, 0.1) is 25.4 Å². The Kier molecular flexibility index (Phi) is 3.46. The molecule has 3 rings (SSSR count). The van der Waals surface area contributed by atoms with Crippen molar-refractivity contribution >= 4 is 17.3 Å². The molecule has 1 saturated heterocycles. The van der Waals surface area contributed by atoms with Crippen LogP contribution in [0.2, 0.25) is 5.02 Å². The zero-order chi connectivity index (χ0) is 12.5. The zero-order valence-corrected chi connectivity index (χ0v) is 11.1. The van der Waals surface area contributed by atoms with Crippen molar-refractivity contribution in [1.29, 1.82) is 0 Å². The summed E-state index contributed by atoms with van der Waals surface area (Å²) in [5.41, 5.74) is 2.03. The summed E-state index contributed by atoms with van der Waals surface area (Å²) in [5, 5.41) is 10.2. The topological polar surface area (TPSA) is 32.7 Å². The maximum absolute atomic E-state index is 9.50. The fourth-order valence-electron chi connectivity index (χ4n) is 3.19. The van der Waals surface area contributed by atoms with Gasteiger partial charge in [0.1, 0.15) is 0 Å². The van der Waals surface area contributed by atoms with Gasteiger partial charge in [-0.3, -0.25) is 0 Å². The van der Waals surface area contributed by atoms with Gasteiger partial charge in [0.15, 0.2) is 0 Å². The first-order valence-corrected chi connectivity index (χ1v) is 6.95. The van der Waals surface area contributed by atoms with Crippen molar-refractivity contribution in [3.63, 3.8) is 0 Å². The number of anilines is 1.